The minimum absolute atomic E-state index is 0.592. The molecule has 2 N–H and O–H groups in total. The molecule has 0 saturated carbocycles. The zero-order valence-corrected chi connectivity index (χ0v) is 12.3. The number of aryl methyl sites for hydroxylation is 3. The lowest BCUT2D eigenvalue weighted by molar-refractivity contribution is 0.762. The summed E-state index contributed by atoms with van der Waals surface area (Å²) in [6.45, 7) is 5.95. The van der Waals surface area contributed by atoms with Crippen molar-refractivity contribution < 1.29 is 0 Å². The molecule has 20 heavy (non-hydrogen) atoms. The molecule has 0 amide bonds. The van der Waals surface area contributed by atoms with E-state index in [1.807, 2.05) is 0 Å². The Labute approximate surface area is 121 Å². The molecule has 104 valence electrons. The molecular formula is C18H22N2. The van der Waals surface area contributed by atoms with Gasteiger partial charge in [0, 0.05) is 24.5 Å². The molecule has 0 bridgehead atoms. The third-order valence-corrected chi connectivity index (χ3v) is 4.10. The van der Waals surface area contributed by atoms with Crippen LogP contribution in [0.15, 0.2) is 36.4 Å². The number of hydrogen-bond acceptors (Lipinski definition) is 2. The number of nitrogens with zero attached hydrogens (tertiary/aromatic N) is 1. The molecule has 0 spiro atoms. The van der Waals surface area contributed by atoms with Gasteiger partial charge in [-0.1, -0.05) is 35.4 Å². The van der Waals surface area contributed by atoms with Crippen LogP contribution in [0.3, 0.4) is 0 Å². The van der Waals surface area contributed by atoms with Crippen molar-refractivity contribution in [3.63, 3.8) is 0 Å². The monoisotopic (exact) mass is 266 g/mol. The molecule has 2 aromatic rings. The first-order valence-corrected chi connectivity index (χ1v) is 7.35. The molecule has 0 aliphatic carbocycles. The number of rotatable bonds is 2. The van der Waals surface area contributed by atoms with Crippen LogP contribution in [-0.4, -0.2) is 6.54 Å². The Morgan fingerprint density at radius 2 is 1.70 bits per heavy atom. The molecular weight excluding hydrogens is 244 g/mol. The Hall–Kier alpha value is -1.80. The van der Waals surface area contributed by atoms with E-state index < -0.39 is 0 Å². The fourth-order valence-electron chi connectivity index (χ4n) is 3.12. The summed E-state index contributed by atoms with van der Waals surface area (Å²) in [5.74, 6) is 0. The maximum Gasteiger partial charge on any atom is 0.0456 e. The summed E-state index contributed by atoms with van der Waals surface area (Å²) in [6, 6.07) is 13.4. The van der Waals surface area contributed by atoms with Gasteiger partial charge in [0.1, 0.15) is 0 Å². The maximum atomic E-state index is 5.94. The highest BCUT2D eigenvalue weighted by atomic mass is 15.1. The molecule has 1 heterocycles. The third kappa shape index (κ3) is 2.32. The maximum absolute atomic E-state index is 5.94. The van der Waals surface area contributed by atoms with Gasteiger partial charge < -0.3 is 10.6 Å². The molecule has 0 aromatic heterocycles. The Morgan fingerprint density at radius 1 is 1.00 bits per heavy atom. The van der Waals surface area contributed by atoms with E-state index in [0.29, 0.717) is 6.54 Å². The predicted molar refractivity (Wildman–Crippen MR) is 85.6 cm³/mol. The summed E-state index contributed by atoms with van der Waals surface area (Å²) < 4.78 is 0. The molecule has 2 aromatic carbocycles. The van der Waals surface area contributed by atoms with Crippen LogP contribution in [0.5, 0.6) is 0 Å². The van der Waals surface area contributed by atoms with E-state index in [0.717, 1.165) is 6.54 Å². The van der Waals surface area contributed by atoms with Gasteiger partial charge in [0.2, 0.25) is 0 Å². The summed E-state index contributed by atoms with van der Waals surface area (Å²) in [4.78, 5) is 2.43. The van der Waals surface area contributed by atoms with E-state index in [1.54, 1.807) is 0 Å². The van der Waals surface area contributed by atoms with Crippen molar-refractivity contribution in [3.05, 3.63) is 58.7 Å². The molecule has 0 saturated heterocycles. The van der Waals surface area contributed by atoms with Crippen LogP contribution in [0, 0.1) is 13.8 Å². The second-order valence-electron chi connectivity index (χ2n) is 5.72. The van der Waals surface area contributed by atoms with E-state index in [2.05, 4.69) is 55.1 Å². The average Bonchev–Trinajstić information content (AvgIpc) is 2.46. The van der Waals surface area contributed by atoms with Crippen LogP contribution >= 0.6 is 0 Å². The Kier molecular flexibility index (Phi) is 3.49. The summed E-state index contributed by atoms with van der Waals surface area (Å²) in [5, 5.41) is 0. The first-order chi connectivity index (χ1) is 9.69. The van der Waals surface area contributed by atoms with Gasteiger partial charge in [0.15, 0.2) is 0 Å². The van der Waals surface area contributed by atoms with Gasteiger partial charge in [-0.05, 0) is 49.9 Å². The second kappa shape index (κ2) is 5.29. The Bertz CT molecular complexity index is 631. The van der Waals surface area contributed by atoms with E-state index in [9.17, 15) is 0 Å². The zero-order chi connectivity index (χ0) is 14.1. The van der Waals surface area contributed by atoms with Gasteiger partial charge >= 0.3 is 0 Å². The Morgan fingerprint density at radius 3 is 2.45 bits per heavy atom. The smallest absolute Gasteiger partial charge is 0.0456 e. The number of nitrogens with two attached hydrogens (primary N) is 1. The van der Waals surface area contributed by atoms with E-state index >= 15 is 0 Å². The van der Waals surface area contributed by atoms with Gasteiger partial charge in [-0.2, -0.15) is 0 Å². The van der Waals surface area contributed by atoms with Crippen LogP contribution in [-0.2, 0) is 13.0 Å². The second-order valence-corrected chi connectivity index (χ2v) is 5.72. The Balaban J connectivity index is 2.09. The lowest BCUT2D eigenvalue weighted by Gasteiger charge is -2.33. The van der Waals surface area contributed by atoms with Crippen LogP contribution in [0.2, 0.25) is 0 Å². The molecule has 1 aliphatic rings. The molecule has 2 heteroatoms. The van der Waals surface area contributed by atoms with Gasteiger partial charge in [-0.15, -0.1) is 0 Å². The fourth-order valence-corrected chi connectivity index (χ4v) is 3.12. The number of hydrogen-bond donors (Lipinski definition) is 1. The van der Waals surface area contributed by atoms with Gasteiger partial charge in [0.25, 0.3) is 0 Å². The molecule has 2 nitrogen and oxygen atoms in total. The van der Waals surface area contributed by atoms with Crippen molar-refractivity contribution in [3.8, 4) is 0 Å². The minimum atomic E-state index is 0.592. The van der Waals surface area contributed by atoms with Crippen LogP contribution in [0.25, 0.3) is 0 Å². The molecule has 0 unspecified atom stereocenters. The zero-order valence-electron chi connectivity index (χ0n) is 12.3. The van der Waals surface area contributed by atoms with Crippen LogP contribution in [0.1, 0.15) is 28.7 Å². The van der Waals surface area contributed by atoms with E-state index in [4.69, 9.17) is 5.73 Å². The quantitative estimate of drug-likeness (QED) is 0.894. The van der Waals surface area contributed by atoms with Crippen molar-refractivity contribution in [2.75, 3.05) is 11.4 Å². The largest absolute Gasteiger partial charge is 0.341 e. The number of fused-ring (bicyclic) bond motifs is 1. The van der Waals surface area contributed by atoms with Gasteiger partial charge in [-0.25, -0.2) is 0 Å². The van der Waals surface area contributed by atoms with Gasteiger partial charge in [-0.3, -0.25) is 0 Å². The molecule has 0 atom stereocenters. The normalized spacial score (nSPS) is 14.2. The highest BCUT2D eigenvalue weighted by Crippen LogP contribution is 2.35. The average molecular weight is 266 g/mol. The van der Waals surface area contributed by atoms with Crippen molar-refractivity contribution in [1.82, 2.24) is 0 Å². The summed E-state index contributed by atoms with van der Waals surface area (Å²) >= 11 is 0. The van der Waals surface area contributed by atoms with Crippen LogP contribution < -0.4 is 10.6 Å². The highest BCUT2D eigenvalue weighted by Gasteiger charge is 2.20. The standard InChI is InChI=1S/C18H22N2/c1-13-5-7-17-15(10-13)4-3-9-20(17)18-8-6-14(2)11-16(18)12-19/h5-8,10-11H,3-4,9,12,19H2,1-2H3. The number of anilines is 2. The topological polar surface area (TPSA) is 29.3 Å². The summed E-state index contributed by atoms with van der Waals surface area (Å²) in [7, 11) is 0. The van der Waals surface area contributed by atoms with E-state index in [1.165, 1.54) is 46.5 Å². The molecule has 1 aliphatic heterocycles. The SMILES string of the molecule is Cc1ccc(N2CCCc3cc(C)ccc32)c(CN)c1. The predicted octanol–water partition coefficient (Wildman–Crippen LogP) is 3.85. The molecule has 0 radical (unpaired) electrons. The first kappa shape index (κ1) is 13.2. The van der Waals surface area contributed by atoms with Crippen molar-refractivity contribution in [1.29, 1.82) is 0 Å². The first-order valence-electron chi connectivity index (χ1n) is 7.35. The van der Waals surface area contributed by atoms with Crippen LogP contribution in [0.4, 0.5) is 11.4 Å². The fraction of sp³-hybridized carbons (Fsp3) is 0.333. The molecule has 3 rings (SSSR count). The van der Waals surface area contributed by atoms with Crippen molar-refractivity contribution in [2.45, 2.75) is 33.2 Å². The minimum Gasteiger partial charge on any atom is -0.341 e. The lowest BCUT2D eigenvalue weighted by Crippen LogP contribution is -2.26. The highest BCUT2D eigenvalue weighted by molar-refractivity contribution is 5.71. The van der Waals surface area contributed by atoms with E-state index in [-0.39, 0.29) is 0 Å². The number of benzene rings is 2. The molecule has 0 fully saturated rings. The van der Waals surface area contributed by atoms with Crippen molar-refractivity contribution in [2.24, 2.45) is 5.73 Å². The summed E-state index contributed by atoms with van der Waals surface area (Å²) in [5.41, 5.74) is 13.9. The lowest BCUT2D eigenvalue weighted by atomic mass is 9.97. The van der Waals surface area contributed by atoms with Crippen molar-refractivity contribution >= 4 is 11.4 Å². The third-order valence-electron chi connectivity index (χ3n) is 4.10. The van der Waals surface area contributed by atoms with Gasteiger partial charge in [0.05, 0.1) is 0 Å². The summed E-state index contributed by atoms with van der Waals surface area (Å²) in [6.07, 6.45) is 2.38.